The summed E-state index contributed by atoms with van der Waals surface area (Å²) in [6, 6.07) is 25.1. The van der Waals surface area contributed by atoms with Gasteiger partial charge in [-0.25, -0.2) is 0 Å². The smallest absolute Gasteiger partial charge is 0.238 e. The zero-order chi connectivity index (χ0) is 22.0. The van der Waals surface area contributed by atoms with Crippen molar-refractivity contribution in [3.05, 3.63) is 100 Å². The van der Waals surface area contributed by atoms with Gasteiger partial charge in [0.2, 0.25) is 5.91 Å². The highest BCUT2D eigenvalue weighted by atomic mass is 35.5. The summed E-state index contributed by atoms with van der Waals surface area (Å²) < 4.78 is 0. The predicted molar refractivity (Wildman–Crippen MR) is 132 cm³/mol. The molecule has 0 bridgehead atoms. The maximum atomic E-state index is 13.5. The Morgan fingerprint density at radius 1 is 0.935 bits per heavy atom. The van der Waals surface area contributed by atoms with Crippen molar-refractivity contribution in [3.63, 3.8) is 0 Å². The number of carbonyl (C=O) groups is 1. The molecule has 0 N–H and O–H groups in total. The molecule has 3 aromatic carbocycles. The van der Waals surface area contributed by atoms with Crippen molar-refractivity contribution in [2.75, 3.05) is 11.4 Å². The summed E-state index contributed by atoms with van der Waals surface area (Å²) in [6.45, 7) is 2.68. The van der Waals surface area contributed by atoms with Gasteiger partial charge < -0.3 is 4.90 Å². The van der Waals surface area contributed by atoms with Crippen molar-refractivity contribution >= 4 is 52.1 Å². The first kappa shape index (κ1) is 21.8. The summed E-state index contributed by atoms with van der Waals surface area (Å²) >= 11 is 17.9. The summed E-state index contributed by atoms with van der Waals surface area (Å²) in [5, 5.41) is 1.81. The molecule has 0 spiro atoms. The highest BCUT2D eigenvalue weighted by Gasteiger charge is 2.39. The molecule has 1 aliphatic rings. The maximum absolute atomic E-state index is 13.5. The number of anilines is 1. The van der Waals surface area contributed by atoms with Crippen LogP contribution < -0.4 is 4.90 Å². The van der Waals surface area contributed by atoms with Crippen molar-refractivity contribution in [1.82, 2.24) is 4.90 Å². The van der Waals surface area contributed by atoms with Crippen LogP contribution >= 0.6 is 35.4 Å². The van der Waals surface area contributed by atoms with Crippen molar-refractivity contribution in [1.29, 1.82) is 0 Å². The predicted octanol–water partition coefficient (Wildman–Crippen LogP) is 6.55. The summed E-state index contributed by atoms with van der Waals surface area (Å²) in [6.07, 6.45) is 0.612. The first-order chi connectivity index (χ1) is 14.9. The second-order valence-electron chi connectivity index (χ2n) is 7.70. The minimum absolute atomic E-state index is 0.00113. The van der Waals surface area contributed by atoms with Crippen LogP contribution in [0.3, 0.4) is 0 Å². The van der Waals surface area contributed by atoms with E-state index in [1.165, 1.54) is 0 Å². The lowest BCUT2D eigenvalue weighted by Crippen LogP contribution is -2.57. The molecule has 0 radical (unpaired) electrons. The molecule has 158 valence electrons. The monoisotopic (exact) mass is 468 g/mol. The number of carbonyl (C=O) groups excluding carboxylic acids is 1. The zero-order valence-corrected chi connectivity index (χ0v) is 19.4. The van der Waals surface area contributed by atoms with Gasteiger partial charge in [0.1, 0.15) is 0 Å². The Labute approximate surface area is 198 Å². The quantitative estimate of drug-likeness (QED) is 0.396. The molecule has 3 nitrogen and oxygen atoms in total. The van der Waals surface area contributed by atoms with E-state index in [1.807, 2.05) is 54.6 Å². The fourth-order valence-electron chi connectivity index (χ4n) is 3.92. The lowest BCUT2D eigenvalue weighted by Gasteiger charge is -2.44. The number of thiocarbonyl (C=S) groups is 1. The fourth-order valence-corrected chi connectivity index (χ4v) is 4.60. The van der Waals surface area contributed by atoms with Crippen molar-refractivity contribution < 1.29 is 4.79 Å². The molecule has 1 fully saturated rings. The molecular weight excluding hydrogens is 447 g/mol. The lowest BCUT2D eigenvalue weighted by molar-refractivity contribution is -0.123. The highest BCUT2D eigenvalue weighted by Crippen LogP contribution is 2.32. The minimum Gasteiger partial charge on any atom is -0.341 e. The average Bonchev–Trinajstić information content (AvgIpc) is 2.78. The fraction of sp³-hybridized carbons (Fsp3) is 0.200. The Balaban J connectivity index is 1.69. The third-order valence-electron chi connectivity index (χ3n) is 5.65. The standard InChI is InChI=1S/C25H22Cl2N2OS/c1-17(19-5-3-2-4-6-19)28-16-20(15-18-7-9-21(26)10-8-18)24(30)29(25(28)31)23-13-11-22(27)12-14-23/h2-14,17,20H,15-16H2,1H3/t17-,20+/m1/s1. The van der Waals surface area contributed by atoms with Crippen LogP contribution in [0.2, 0.25) is 10.0 Å². The molecule has 0 aromatic heterocycles. The molecule has 4 rings (SSSR count). The second-order valence-corrected chi connectivity index (χ2v) is 8.94. The molecule has 0 saturated carbocycles. The van der Waals surface area contributed by atoms with Crippen molar-refractivity contribution in [2.24, 2.45) is 5.92 Å². The van der Waals surface area contributed by atoms with Crippen LogP contribution in [0.4, 0.5) is 5.69 Å². The molecule has 1 amide bonds. The van der Waals surface area contributed by atoms with Gasteiger partial charge in [0.05, 0.1) is 17.6 Å². The van der Waals surface area contributed by atoms with Gasteiger partial charge in [-0.3, -0.25) is 9.69 Å². The van der Waals surface area contributed by atoms with E-state index in [4.69, 9.17) is 35.4 Å². The molecule has 1 heterocycles. The Kier molecular flexibility index (Phi) is 6.61. The summed E-state index contributed by atoms with van der Waals surface area (Å²) in [5.41, 5.74) is 2.95. The van der Waals surface area contributed by atoms with Crippen molar-refractivity contribution in [3.8, 4) is 0 Å². The van der Waals surface area contributed by atoms with Crippen LogP contribution in [0.5, 0.6) is 0 Å². The second kappa shape index (κ2) is 9.39. The molecule has 6 heteroatoms. The van der Waals surface area contributed by atoms with E-state index in [9.17, 15) is 4.79 Å². The van der Waals surface area contributed by atoms with Crippen LogP contribution in [0.1, 0.15) is 24.1 Å². The van der Waals surface area contributed by atoms with Crippen molar-refractivity contribution in [2.45, 2.75) is 19.4 Å². The number of halogens is 2. The molecule has 0 aliphatic carbocycles. The van der Waals surface area contributed by atoms with Gasteiger partial charge in [-0.2, -0.15) is 0 Å². The molecular formula is C25H22Cl2N2OS. The number of hydrogen-bond donors (Lipinski definition) is 0. The number of hydrogen-bond acceptors (Lipinski definition) is 2. The molecule has 0 unspecified atom stereocenters. The lowest BCUT2D eigenvalue weighted by atomic mass is 9.94. The summed E-state index contributed by atoms with van der Waals surface area (Å²) in [5.74, 6) is -0.242. The third kappa shape index (κ3) is 4.77. The Hall–Kier alpha value is -2.40. The van der Waals surface area contributed by atoms with Crippen LogP contribution in [0.25, 0.3) is 0 Å². The Morgan fingerprint density at radius 3 is 2.13 bits per heavy atom. The molecule has 31 heavy (non-hydrogen) atoms. The maximum Gasteiger partial charge on any atom is 0.238 e. The SMILES string of the molecule is C[C@H](c1ccccc1)N1C[C@H](Cc2ccc(Cl)cc2)C(=O)N(c2ccc(Cl)cc2)C1=S. The Bertz CT molecular complexity index is 1070. The first-order valence-electron chi connectivity index (χ1n) is 10.1. The van der Waals surface area contributed by atoms with E-state index in [2.05, 4.69) is 24.0 Å². The van der Waals surface area contributed by atoms with Crippen LogP contribution in [-0.4, -0.2) is 22.5 Å². The Morgan fingerprint density at radius 2 is 1.52 bits per heavy atom. The van der Waals surface area contributed by atoms with Gasteiger partial charge in [0, 0.05) is 16.6 Å². The van der Waals surface area contributed by atoms with Gasteiger partial charge in [-0.1, -0.05) is 65.7 Å². The van der Waals surface area contributed by atoms with E-state index in [-0.39, 0.29) is 17.9 Å². The summed E-state index contributed by atoms with van der Waals surface area (Å²) in [4.78, 5) is 17.3. The van der Waals surface area contributed by atoms with E-state index in [0.717, 1.165) is 16.8 Å². The van der Waals surface area contributed by atoms with E-state index < -0.39 is 0 Å². The zero-order valence-electron chi connectivity index (χ0n) is 17.0. The normalized spacial score (nSPS) is 17.7. The number of amides is 1. The summed E-state index contributed by atoms with van der Waals surface area (Å²) in [7, 11) is 0. The van der Waals surface area contributed by atoms with Gasteiger partial charge in [0.15, 0.2) is 5.11 Å². The van der Waals surface area contributed by atoms with E-state index >= 15 is 0 Å². The van der Waals surface area contributed by atoms with Crippen LogP contribution in [0.15, 0.2) is 78.9 Å². The van der Waals surface area contributed by atoms with Gasteiger partial charge in [0.25, 0.3) is 0 Å². The van der Waals surface area contributed by atoms with Gasteiger partial charge >= 0.3 is 0 Å². The largest absolute Gasteiger partial charge is 0.341 e. The first-order valence-corrected chi connectivity index (χ1v) is 11.3. The van der Waals surface area contributed by atoms with Crippen LogP contribution in [0, 0.1) is 5.92 Å². The molecule has 1 aliphatic heterocycles. The minimum atomic E-state index is -0.241. The van der Waals surface area contributed by atoms with Crippen LogP contribution in [-0.2, 0) is 11.2 Å². The molecule has 3 aromatic rings. The highest BCUT2D eigenvalue weighted by molar-refractivity contribution is 7.80. The molecule has 2 atom stereocenters. The van der Waals surface area contributed by atoms with E-state index in [1.54, 1.807) is 17.0 Å². The topological polar surface area (TPSA) is 23.6 Å². The van der Waals surface area contributed by atoms with Gasteiger partial charge in [-0.05, 0) is 73.1 Å². The number of benzene rings is 3. The number of rotatable bonds is 5. The van der Waals surface area contributed by atoms with E-state index in [0.29, 0.717) is 28.1 Å². The third-order valence-corrected chi connectivity index (χ3v) is 6.57. The molecule has 1 saturated heterocycles. The average molecular weight is 469 g/mol. The van der Waals surface area contributed by atoms with Gasteiger partial charge in [-0.15, -0.1) is 0 Å². The number of nitrogens with zero attached hydrogens (tertiary/aromatic N) is 2.